The summed E-state index contributed by atoms with van der Waals surface area (Å²) in [5.41, 5.74) is 2.08. The zero-order valence-corrected chi connectivity index (χ0v) is 15.4. The molecule has 24 heavy (non-hydrogen) atoms. The molecular weight excluding hydrogens is 304 g/mol. The number of hydrogen-bond donors (Lipinski definition) is 2. The van der Waals surface area contributed by atoms with Crippen LogP contribution in [-0.2, 0) is 0 Å². The van der Waals surface area contributed by atoms with E-state index in [0.29, 0.717) is 6.54 Å². The van der Waals surface area contributed by atoms with E-state index in [4.69, 9.17) is 13.9 Å². The Kier molecular flexibility index (Phi) is 6.06. The molecule has 0 aliphatic rings. The molecule has 2 rings (SSSR count). The van der Waals surface area contributed by atoms with E-state index in [-0.39, 0.29) is 12.0 Å². The minimum absolute atomic E-state index is 0.0471. The van der Waals surface area contributed by atoms with Crippen molar-refractivity contribution < 1.29 is 8.94 Å². The Bertz CT molecular complexity index is 668. The molecule has 0 aliphatic heterocycles. The Morgan fingerprint density at radius 1 is 1.25 bits per heavy atom. The van der Waals surface area contributed by atoms with Gasteiger partial charge in [0.25, 0.3) is 0 Å². The van der Waals surface area contributed by atoms with Crippen LogP contribution in [0.25, 0.3) is 0 Å². The summed E-state index contributed by atoms with van der Waals surface area (Å²) in [6.07, 6.45) is 0. The van der Waals surface area contributed by atoms with Gasteiger partial charge in [0.05, 0.1) is 11.7 Å². The van der Waals surface area contributed by atoms with E-state index >= 15 is 0 Å². The molecule has 0 radical (unpaired) electrons. The number of aromatic nitrogens is 1. The molecule has 0 saturated heterocycles. The van der Waals surface area contributed by atoms with Crippen molar-refractivity contribution in [1.29, 1.82) is 0 Å². The molecule has 0 aliphatic carbocycles. The Morgan fingerprint density at radius 2 is 2.00 bits per heavy atom. The Balaban J connectivity index is 2.05. The van der Waals surface area contributed by atoms with Gasteiger partial charge in [-0.2, -0.15) is 0 Å². The van der Waals surface area contributed by atoms with Gasteiger partial charge in [-0.3, -0.25) is 4.99 Å². The average Bonchev–Trinajstić information content (AvgIpc) is 3.11. The third-order valence-corrected chi connectivity index (χ3v) is 3.99. The molecular formula is C18H28N4O2. The molecule has 2 heterocycles. The maximum absolute atomic E-state index is 5.67. The fourth-order valence-corrected chi connectivity index (χ4v) is 2.80. The highest BCUT2D eigenvalue weighted by Crippen LogP contribution is 2.23. The molecule has 2 aromatic rings. The van der Waals surface area contributed by atoms with Gasteiger partial charge >= 0.3 is 0 Å². The van der Waals surface area contributed by atoms with Crippen LogP contribution in [-0.4, -0.2) is 24.2 Å². The van der Waals surface area contributed by atoms with E-state index in [1.165, 1.54) is 0 Å². The molecule has 2 unspecified atom stereocenters. The van der Waals surface area contributed by atoms with Crippen molar-refractivity contribution >= 4 is 5.96 Å². The van der Waals surface area contributed by atoms with Crippen LogP contribution in [0.1, 0.15) is 61.3 Å². The van der Waals surface area contributed by atoms with Crippen LogP contribution in [0.2, 0.25) is 0 Å². The smallest absolute Gasteiger partial charge is 0.191 e. The first-order valence-electron chi connectivity index (χ1n) is 8.46. The maximum Gasteiger partial charge on any atom is 0.191 e. The van der Waals surface area contributed by atoms with Crippen molar-refractivity contribution in [3.63, 3.8) is 0 Å². The topological polar surface area (TPSA) is 75.6 Å². The summed E-state index contributed by atoms with van der Waals surface area (Å²) >= 11 is 0. The molecule has 0 bridgehead atoms. The van der Waals surface area contributed by atoms with Crippen LogP contribution in [0.3, 0.4) is 0 Å². The monoisotopic (exact) mass is 332 g/mol. The molecule has 0 saturated carbocycles. The van der Waals surface area contributed by atoms with Gasteiger partial charge in [-0.15, -0.1) is 0 Å². The summed E-state index contributed by atoms with van der Waals surface area (Å²) in [5, 5.41) is 10.7. The predicted molar refractivity (Wildman–Crippen MR) is 95.4 cm³/mol. The van der Waals surface area contributed by atoms with Crippen molar-refractivity contribution in [3.05, 3.63) is 40.7 Å². The van der Waals surface area contributed by atoms with Gasteiger partial charge < -0.3 is 19.6 Å². The number of nitrogens with one attached hydrogen (secondary N) is 2. The molecule has 0 spiro atoms. The molecule has 0 fully saturated rings. The lowest BCUT2D eigenvalue weighted by molar-refractivity contribution is 0.391. The van der Waals surface area contributed by atoms with E-state index in [0.717, 1.165) is 41.0 Å². The molecule has 2 atom stereocenters. The van der Waals surface area contributed by atoms with E-state index in [1.807, 2.05) is 32.9 Å². The number of guanidine groups is 1. The van der Waals surface area contributed by atoms with Crippen LogP contribution in [0.4, 0.5) is 0 Å². The summed E-state index contributed by atoms with van der Waals surface area (Å²) < 4.78 is 10.9. The normalized spacial score (nSPS) is 14.5. The second kappa shape index (κ2) is 8.04. The van der Waals surface area contributed by atoms with E-state index in [9.17, 15) is 0 Å². The van der Waals surface area contributed by atoms with Crippen molar-refractivity contribution in [2.45, 2.75) is 53.5 Å². The summed E-state index contributed by atoms with van der Waals surface area (Å²) in [4.78, 5) is 4.71. The Labute approximate surface area is 143 Å². The highest BCUT2D eigenvalue weighted by molar-refractivity contribution is 5.80. The highest BCUT2D eigenvalue weighted by atomic mass is 16.5. The van der Waals surface area contributed by atoms with Crippen molar-refractivity contribution in [2.24, 2.45) is 4.99 Å². The zero-order valence-electron chi connectivity index (χ0n) is 15.4. The summed E-state index contributed by atoms with van der Waals surface area (Å²) in [5.74, 6) is 3.70. The van der Waals surface area contributed by atoms with Crippen molar-refractivity contribution in [3.8, 4) is 0 Å². The van der Waals surface area contributed by atoms with Gasteiger partial charge in [-0.25, -0.2) is 0 Å². The predicted octanol–water partition coefficient (Wildman–Crippen LogP) is 3.61. The lowest BCUT2D eigenvalue weighted by Crippen LogP contribution is -2.38. The van der Waals surface area contributed by atoms with Crippen LogP contribution >= 0.6 is 0 Å². The van der Waals surface area contributed by atoms with Gasteiger partial charge in [-0.05, 0) is 46.8 Å². The summed E-state index contributed by atoms with van der Waals surface area (Å²) in [6.45, 7) is 13.6. The first-order valence-corrected chi connectivity index (χ1v) is 8.46. The lowest BCUT2D eigenvalue weighted by Gasteiger charge is -2.17. The standard InChI is InChI=1S/C18H28N4O2/c1-7-19-18(21-13(4)16-9-8-12(3)23-16)20-10-11(2)17-14(5)22-24-15(17)6/h8-9,11,13H,7,10H2,1-6H3,(H2,19,20,21). The third-order valence-electron chi connectivity index (χ3n) is 3.99. The molecule has 6 heteroatoms. The van der Waals surface area contributed by atoms with Crippen LogP contribution in [0.15, 0.2) is 26.1 Å². The molecule has 2 aromatic heterocycles. The molecule has 132 valence electrons. The summed E-state index contributed by atoms with van der Waals surface area (Å²) in [6, 6.07) is 4.01. The average molecular weight is 332 g/mol. The fraction of sp³-hybridized carbons (Fsp3) is 0.556. The van der Waals surface area contributed by atoms with E-state index in [2.05, 4.69) is 36.6 Å². The minimum atomic E-state index is 0.0471. The lowest BCUT2D eigenvalue weighted by atomic mass is 10.00. The van der Waals surface area contributed by atoms with Gasteiger partial charge in [0.15, 0.2) is 5.96 Å². The number of nitrogens with zero attached hydrogens (tertiary/aromatic N) is 2. The first-order chi connectivity index (χ1) is 11.4. The van der Waals surface area contributed by atoms with Crippen molar-refractivity contribution in [2.75, 3.05) is 13.1 Å². The summed E-state index contributed by atoms with van der Waals surface area (Å²) in [7, 11) is 0. The second-order valence-electron chi connectivity index (χ2n) is 6.17. The number of furan rings is 1. The number of hydrogen-bond acceptors (Lipinski definition) is 4. The molecule has 0 amide bonds. The molecule has 2 N–H and O–H groups in total. The number of rotatable bonds is 6. The van der Waals surface area contributed by atoms with Gasteiger partial charge in [0, 0.05) is 24.6 Å². The second-order valence-corrected chi connectivity index (χ2v) is 6.17. The maximum atomic E-state index is 5.67. The number of aryl methyl sites for hydroxylation is 3. The Morgan fingerprint density at radius 3 is 2.54 bits per heavy atom. The van der Waals surface area contributed by atoms with Crippen LogP contribution in [0.5, 0.6) is 0 Å². The van der Waals surface area contributed by atoms with Gasteiger partial charge in [0.2, 0.25) is 0 Å². The minimum Gasteiger partial charge on any atom is -0.464 e. The van der Waals surface area contributed by atoms with Gasteiger partial charge in [0.1, 0.15) is 17.3 Å². The number of aliphatic imine (C=N–C) groups is 1. The SMILES string of the molecule is CCNC(=NCC(C)c1c(C)noc1C)NC(C)c1ccc(C)o1. The Hall–Kier alpha value is -2.24. The van der Waals surface area contributed by atoms with E-state index < -0.39 is 0 Å². The fourth-order valence-electron chi connectivity index (χ4n) is 2.80. The van der Waals surface area contributed by atoms with Crippen molar-refractivity contribution in [1.82, 2.24) is 15.8 Å². The van der Waals surface area contributed by atoms with Crippen LogP contribution < -0.4 is 10.6 Å². The highest BCUT2D eigenvalue weighted by Gasteiger charge is 2.17. The van der Waals surface area contributed by atoms with Gasteiger partial charge in [-0.1, -0.05) is 12.1 Å². The quantitative estimate of drug-likeness (QED) is 0.624. The largest absolute Gasteiger partial charge is 0.464 e. The van der Waals surface area contributed by atoms with Crippen LogP contribution in [0, 0.1) is 20.8 Å². The molecule has 6 nitrogen and oxygen atoms in total. The molecule has 0 aromatic carbocycles. The third kappa shape index (κ3) is 4.40. The van der Waals surface area contributed by atoms with E-state index in [1.54, 1.807) is 0 Å². The first kappa shape index (κ1) is 18.1. The zero-order chi connectivity index (χ0) is 17.7.